The molecular formula is C20H21F4NO3. The topological polar surface area (TPSA) is 59.3 Å². The molecule has 1 fully saturated rings. The highest BCUT2D eigenvalue weighted by Gasteiger charge is 2.61. The number of halogens is 4. The Balaban J connectivity index is 2.18. The van der Waals surface area contributed by atoms with E-state index < -0.39 is 64.9 Å². The van der Waals surface area contributed by atoms with Gasteiger partial charge in [-0.3, -0.25) is 4.79 Å². The van der Waals surface area contributed by atoms with Crippen LogP contribution in [0.1, 0.15) is 38.3 Å². The Hall–Kier alpha value is -2.40. The van der Waals surface area contributed by atoms with Crippen molar-refractivity contribution < 1.29 is 31.8 Å². The van der Waals surface area contributed by atoms with Gasteiger partial charge in [-0.15, -0.1) is 0 Å². The first-order valence-corrected chi connectivity index (χ1v) is 8.71. The Bertz CT molecular complexity index is 829. The van der Waals surface area contributed by atoms with Gasteiger partial charge in [-0.2, -0.15) is 5.26 Å². The Morgan fingerprint density at radius 1 is 1.11 bits per heavy atom. The lowest BCUT2D eigenvalue weighted by Gasteiger charge is -2.12. The van der Waals surface area contributed by atoms with Crippen LogP contribution in [0.5, 0.6) is 0 Å². The van der Waals surface area contributed by atoms with E-state index in [4.69, 9.17) is 10.00 Å². The van der Waals surface area contributed by atoms with Gasteiger partial charge in [-0.25, -0.2) is 17.6 Å². The molecule has 1 aliphatic carbocycles. The second-order valence-electron chi connectivity index (χ2n) is 7.24. The fourth-order valence-corrected chi connectivity index (χ4v) is 3.24. The van der Waals surface area contributed by atoms with Crippen molar-refractivity contribution in [3.8, 4) is 6.07 Å². The number of esters is 1. The number of hydrogen-bond acceptors (Lipinski definition) is 4. The molecule has 0 unspecified atom stereocenters. The maximum atomic E-state index is 14.1. The third kappa shape index (κ3) is 3.90. The molecule has 0 heterocycles. The average molecular weight is 399 g/mol. The molecule has 1 aromatic rings. The van der Waals surface area contributed by atoms with Crippen molar-refractivity contribution in [3.63, 3.8) is 0 Å². The van der Waals surface area contributed by atoms with Crippen molar-refractivity contribution in [2.24, 2.45) is 17.3 Å². The molecule has 0 aliphatic heterocycles. The van der Waals surface area contributed by atoms with E-state index >= 15 is 0 Å². The molecule has 28 heavy (non-hydrogen) atoms. The van der Waals surface area contributed by atoms with Crippen LogP contribution in [-0.2, 0) is 27.5 Å². The number of nitrogens with zero attached hydrogens (tertiary/aromatic N) is 1. The van der Waals surface area contributed by atoms with Gasteiger partial charge in [0.05, 0.1) is 29.7 Å². The Morgan fingerprint density at radius 3 is 2.04 bits per heavy atom. The van der Waals surface area contributed by atoms with Gasteiger partial charge in [0.1, 0.15) is 6.61 Å². The molecule has 2 atom stereocenters. The predicted molar refractivity (Wildman–Crippen MR) is 91.5 cm³/mol. The minimum Gasteiger partial charge on any atom is -0.460 e. The predicted octanol–water partition coefficient (Wildman–Crippen LogP) is 4.56. The number of benzene rings is 1. The lowest BCUT2D eigenvalue weighted by Crippen LogP contribution is -2.15. The minimum absolute atomic E-state index is 0.262. The summed E-state index contributed by atoms with van der Waals surface area (Å²) in [6, 6.07) is 2.04. The summed E-state index contributed by atoms with van der Waals surface area (Å²) in [5.41, 5.74) is -1.85. The molecule has 2 rings (SSSR count). The van der Waals surface area contributed by atoms with Crippen LogP contribution in [0, 0.1) is 51.9 Å². The molecule has 1 aliphatic rings. The number of carbonyl (C=O) groups excluding carboxylic acids is 1. The number of hydrogen-bond donors (Lipinski definition) is 0. The van der Waals surface area contributed by atoms with Crippen molar-refractivity contribution in [1.29, 1.82) is 5.26 Å². The Morgan fingerprint density at radius 2 is 1.61 bits per heavy atom. The molecule has 0 bridgehead atoms. The summed E-state index contributed by atoms with van der Waals surface area (Å²) in [7, 11) is 1.13. The highest BCUT2D eigenvalue weighted by Crippen LogP contribution is 2.60. The summed E-state index contributed by atoms with van der Waals surface area (Å²) >= 11 is 0. The van der Waals surface area contributed by atoms with Gasteiger partial charge in [-0.05, 0) is 17.8 Å². The van der Waals surface area contributed by atoms with Crippen LogP contribution in [0.3, 0.4) is 0 Å². The van der Waals surface area contributed by atoms with Gasteiger partial charge in [0, 0.05) is 12.7 Å². The standard InChI is InChI=1S/C20H21F4NO3/c1-5-10(7-25)6-13-14(20(13,2)3)19(26)28-9-12-17(23)15(21)11(8-27-4)16(22)18(12)24/h6,13-14H,5,8-9H2,1-4H3/b10-6-/t13-,14+/m1/s1. The highest BCUT2D eigenvalue weighted by molar-refractivity contribution is 5.78. The maximum Gasteiger partial charge on any atom is 0.310 e. The van der Waals surface area contributed by atoms with Gasteiger partial charge in [0.2, 0.25) is 0 Å². The zero-order valence-electron chi connectivity index (χ0n) is 16.0. The molecule has 0 N–H and O–H groups in total. The summed E-state index contributed by atoms with van der Waals surface area (Å²) in [6.45, 7) is 3.81. The van der Waals surface area contributed by atoms with Crippen LogP contribution in [-0.4, -0.2) is 13.1 Å². The van der Waals surface area contributed by atoms with Gasteiger partial charge in [-0.1, -0.05) is 26.8 Å². The first-order chi connectivity index (χ1) is 13.1. The number of allylic oxidation sites excluding steroid dienone is 2. The molecule has 0 amide bonds. The van der Waals surface area contributed by atoms with E-state index in [0.29, 0.717) is 12.0 Å². The molecule has 1 aromatic carbocycles. The van der Waals surface area contributed by atoms with E-state index in [9.17, 15) is 22.4 Å². The van der Waals surface area contributed by atoms with Crippen LogP contribution < -0.4 is 0 Å². The second kappa shape index (κ2) is 8.31. The van der Waals surface area contributed by atoms with Crippen LogP contribution in [0.4, 0.5) is 17.6 Å². The van der Waals surface area contributed by atoms with Crippen LogP contribution >= 0.6 is 0 Å². The molecule has 8 heteroatoms. The molecule has 152 valence electrons. The smallest absolute Gasteiger partial charge is 0.310 e. The zero-order chi connectivity index (χ0) is 21.2. The lowest BCUT2D eigenvalue weighted by atomic mass is 10.1. The molecular weight excluding hydrogens is 378 g/mol. The van der Waals surface area contributed by atoms with E-state index in [0.717, 1.165) is 7.11 Å². The van der Waals surface area contributed by atoms with E-state index in [1.165, 1.54) is 0 Å². The van der Waals surface area contributed by atoms with Crippen molar-refractivity contribution in [3.05, 3.63) is 46.0 Å². The monoisotopic (exact) mass is 399 g/mol. The third-order valence-corrected chi connectivity index (χ3v) is 5.16. The zero-order valence-corrected chi connectivity index (χ0v) is 16.0. The summed E-state index contributed by atoms with van der Waals surface area (Å²) in [5, 5.41) is 9.03. The summed E-state index contributed by atoms with van der Waals surface area (Å²) < 4.78 is 65.6. The quantitative estimate of drug-likeness (QED) is 0.292. The Labute approximate surface area is 160 Å². The largest absolute Gasteiger partial charge is 0.460 e. The minimum atomic E-state index is -1.62. The number of nitriles is 1. The number of rotatable bonds is 7. The van der Waals surface area contributed by atoms with E-state index in [-0.39, 0.29) is 5.92 Å². The van der Waals surface area contributed by atoms with Crippen molar-refractivity contribution in [1.82, 2.24) is 0 Å². The Kier molecular flexibility index (Phi) is 6.50. The lowest BCUT2D eigenvalue weighted by molar-refractivity contribution is -0.147. The first kappa shape index (κ1) is 21.9. The highest BCUT2D eigenvalue weighted by atomic mass is 19.2. The molecule has 0 spiro atoms. The third-order valence-electron chi connectivity index (χ3n) is 5.16. The van der Waals surface area contributed by atoms with E-state index in [2.05, 4.69) is 4.74 Å². The molecule has 1 saturated carbocycles. The normalized spacial score (nSPS) is 20.6. The van der Waals surface area contributed by atoms with E-state index in [1.54, 1.807) is 26.8 Å². The van der Waals surface area contributed by atoms with Crippen molar-refractivity contribution >= 4 is 5.97 Å². The van der Waals surface area contributed by atoms with Crippen molar-refractivity contribution in [2.45, 2.75) is 40.4 Å². The number of carbonyl (C=O) groups is 1. The number of ether oxygens (including phenoxy) is 2. The first-order valence-electron chi connectivity index (χ1n) is 8.71. The van der Waals surface area contributed by atoms with Gasteiger partial charge < -0.3 is 9.47 Å². The summed E-state index contributed by atoms with van der Waals surface area (Å²) in [6.07, 6.45) is 2.19. The van der Waals surface area contributed by atoms with Crippen molar-refractivity contribution in [2.75, 3.05) is 7.11 Å². The molecule has 0 radical (unpaired) electrons. The van der Waals surface area contributed by atoms with Crippen LogP contribution in [0.2, 0.25) is 0 Å². The molecule has 4 nitrogen and oxygen atoms in total. The number of methoxy groups -OCH3 is 1. The fraction of sp³-hybridized carbons (Fsp3) is 0.500. The SMILES string of the molecule is CC/C(C#N)=C/[C@@H]1[C@@H](C(=O)OCc2c(F)c(F)c(COC)c(F)c2F)C1(C)C. The van der Waals surface area contributed by atoms with Crippen LogP contribution in [0.25, 0.3) is 0 Å². The van der Waals surface area contributed by atoms with Gasteiger partial charge in [0.25, 0.3) is 0 Å². The molecule has 0 saturated heterocycles. The average Bonchev–Trinajstić information content (AvgIpc) is 3.21. The summed E-state index contributed by atoms with van der Waals surface area (Å²) in [4.78, 5) is 12.3. The fourth-order valence-electron chi connectivity index (χ4n) is 3.24. The van der Waals surface area contributed by atoms with E-state index in [1.807, 2.05) is 6.07 Å². The second-order valence-corrected chi connectivity index (χ2v) is 7.24. The van der Waals surface area contributed by atoms with Crippen LogP contribution in [0.15, 0.2) is 11.6 Å². The van der Waals surface area contributed by atoms with Gasteiger partial charge >= 0.3 is 5.97 Å². The maximum absolute atomic E-state index is 14.1. The molecule has 0 aromatic heterocycles. The summed E-state index contributed by atoms with van der Waals surface area (Å²) in [5.74, 6) is -8.04. The van der Waals surface area contributed by atoms with Gasteiger partial charge in [0.15, 0.2) is 23.3 Å².